The van der Waals surface area contributed by atoms with Gasteiger partial charge in [-0.3, -0.25) is 19.3 Å². The second-order valence-corrected chi connectivity index (χ2v) is 7.73. The average molecular weight is 439 g/mol. The summed E-state index contributed by atoms with van der Waals surface area (Å²) in [5, 5.41) is 5.79. The van der Waals surface area contributed by atoms with Gasteiger partial charge in [-0.05, 0) is 42.8 Å². The number of carbonyl (C=O) groups excluding carboxylic acids is 4. The Balaban J connectivity index is 1.40. The van der Waals surface area contributed by atoms with E-state index in [0.717, 1.165) is 11.3 Å². The third-order valence-corrected chi connectivity index (χ3v) is 5.62. The first kappa shape index (κ1) is 20.4. The molecular weight excluding hydrogens is 422 g/mol. The van der Waals surface area contributed by atoms with Crippen LogP contribution in [0.15, 0.2) is 53.1 Å². The summed E-state index contributed by atoms with van der Waals surface area (Å²) in [6.45, 7) is 1.02. The maximum atomic E-state index is 12.6. The normalized spacial score (nSPS) is 12.7. The lowest BCUT2D eigenvalue weighted by Gasteiger charge is -2.28. The van der Waals surface area contributed by atoms with E-state index in [2.05, 4.69) is 10.6 Å². The van der Waals surface area contributed by atoms with E-state index < -0.39 is 24.4 Å². The summed E-state index contributed by atoms with van der Waals surface area (Å²) in [7, 11) is 0. The van der Waals surface area contributed by atoms with Crippen LogP contribution in [0.3, 0.4) is 0 Å². The van der Waals surface area contributed by atoms with Gasteiger partial charge in [0.25, 0.3) is 11.8 Å². The Morgan fingerprint density at radius 1 is 1.23 bits per heavy atom. The summed E-state index contributed by atoms with van der Waals surface area (Å²) >= 11 is 1.03. The number of carbonyl (C=O) groups is 4. The number of para-hydroxylation sites is 2. The number of aryl methyl sites for hydroxylation is 1. The smallest absolute Gasteiger partial charge is 0.349 e. The Morgan fingerprint density at radius 2 is 2.03 bits per heavy atom. The second-order valence-electron chi connectivity index (χ2n) is 6.68. The molecule has 3 amide bonds. The molecule has 0 saturated heterocycles. The first-order chi connectivity index (χ1) is 14.9. The number of ether oxygens (including phenoxy) is 1. The Morgan fingerprint density at radius 3 is 2.81 bits per heavy atom. The van der Waals surface area contributed by atoms with E-state index in [4.69, 9.17) is 9.15 Å². The summed E-state index contributed by atoms with van der Waals surface area (Å²) in [6, 6.07) is 11.6. The number of hydrogen-bond acceptors (Lipinski definition) is 7. The molecule has 0 aliphatic carbocycles. The van der Waals surface area contributed by atoms with Gasteiger partial charge in [-0.15, -0.1) is 11.3 Å². The monoisotopic (exact) mass is 439 g/mol. The number of hydrogen-bond donors (Lipinski definition) is 2. The summed E-state index contributed by atoms with van der Waals surface area (Å²) in [5.74, 6) is -1.83. The maximum Gasteiger partial charge on any atom is 0.349 e. The van der Waals surface area contributed by atoms with Crippen molar-refractivity contribution >= 4 is 51.4 Å². The number of amides is 3. The zero-order valence-electron chi connectivity index (χ0n) is 16.3. The lowest BCUT2D eigenvalue weighted by Crippen LogP contribution is -2.44. The molecule has 0 saturated carbocycles. The zero-order valence-corrected chi connectivity index (χ0v) is 17.2. The molecule has 1 aliphatic rings. The van der Waals surface area contributed by atoms with Gasteiger partial charge in [0.05, 0.1) is 22.6 Å². The molecule has 9 nitrogen and oxygen atoms in total. The van der Waals surface area contributed by atoms with E-state index in [0.29, 0.717) is 21.9 Å². The third kappa shape index (κ3) is 4.33. The lowest BCUT2D eigenvalue weighted by molar-refractivity contribution is -0.124. The van der Waals surface area contributed by atoms with Crippen LogP contribution in [-0.4, -0.2) is 36.8 Å². The van der Waals surface area contributed by atoms with E-state index in [-0.39, 0.29) is 23.1 Å². The second kappa shape index (κ2) is 8.44. The van der Waals surface area contributed by atoms with Crippen molar-refractivity contribution in [3.8, 4) is 0 Å². The van der Waals surface area contributed by atoms with Crippen LogP contribution in [0.25, 0.3) is 0 Å². The number of nitrogens with zero attached hydrogens (tertiary/aromatic N) is 1. The maximum absolute atomic E-state index is 12.6. The van der Waals surface area contributed by atoms with Crippen LogP contribution in [0.5, 0.6) is 0 Å². The Labute approximate surface area is 180 Å². The number of nitrogens with one attached hydrogen (secondary N) is 2. The molecule has 2 N–H and O–H groups in total. The van der Waals surface area contributed by atoms with Crippen molar-refractivity contribution < 1.29 is 28.3 Å². The van der Waals surface area contributed by atoms with Gasteiger partial charge in [0.2, 0.25) is 5.91 Å². The van der Waals surface area contributed by atoms with Gasteiger partial charge in [0.1, 0.15) is 11.4 Å². The minimum Gasteiger partial charge on any atom is -0.459 e. The van der Waals surface area contributed by atoms with E-state index in [1.54, 1.807) is 43.3 Å². The fourth-order valence-electron chi connectivity index (χ4n) is 3.05. The molecule has 0 unspecified atom stereocenters. The highest BCUT2D eigenvalue weighted by molar-refractivity contribution is 7.18. The van der Waals surface area contributed by atoms with Gasteiger partial charge in [-0.1, -0.05) is 12.1 Å². The van der Waals surface area contributed by atoms with Gasteiger partial charge >= 0.3 is 5.97 Å². The minimum absolute atomic E-state index is 0.145. The van der Waals surface area contributed by atoms with Crippen LogP contribution in [0.1, 0.15) is 25.8 Å². The molecule has 0 bridgehead atoms. The Hall–Kier alpha value is -3.92. The lowest BCUT2D eigenvalue weighted by atomic mass is 10.2. The quantitative estimate of drug-likeness (QED) is 0.590. The fourth-order valence-corrected chi connectivity index (χ4v) is 4.02. The van der Waals surface area contributed by atoms with Crippen molar-refractivity contribution in [2.75, 3.05) is 28.7 Å². The minimum atomic E-state index is -0.691. The molecule has 4 rings (SSSR count). The molecule has 2 aromatic heterocycles. The van der Waals surface area contributed by atoms with Crippen molar-refractivity contribution in [1.29, 1.82) is 0 Å². The molecule has 0 fully saturated rings. The van der Waals surface area contributed by atoms with Gasteiger partial charge in [0, 0.05) is 0 Å². The standard InChI is InChI=1S/C21H17N3O6S/c1-12-9-17(23-20(27)15-7-4-8-29-15)31-19(12)21(28)30-11-18(26)24-10-16(25)22-13-5-2-3-6-14(13)24/h2-9H,10-11H2,1H3,(H,22,25)(H,23,27). The highest BCUT2D eigenvalue weighted by atomic mass is 32.1. The van der Waals surface area contributed by atoms with E-state index >= 15 is 0 Å². The summed E-state index contributed by atoms with van der Waals surface area (Å²) in [6.07, 6.45) is 1.39. The number of esters is 1. The molecular formula is C21H17N3O6S. The summed E-state index contributed by atoms with van der Waals surface area (Å²) in [4.78, 5) is 50.6. The zero-order chi connectivity index (χ0) is 22.0. The first-order valence-electron chi connectivity index (χ1n) is 9.24. The van der Waals surface area contributed by atoms with Crippen molar-refractivity contribution in [2.24, 2.45) is 0 Å². The van der Waals surface area contributed by atoms with E-state index in [9.17, 15) is 19.2 Å². The number of furan rings is 1. The van der Waals surface area contributed by atoms with Gasteiger partial charge < -0.3 is 19.8 Å². The molecule has 10 heteroatoms. The highest BCUT2D eigenvalue weighted by Gasteiger charge is 2.28. The first-order valence-corrected chi connectivity index (χ1v) is 10.1. The van der Waals surface area contributed by atoms with Crippen molar-refractivity contribution in [3.05, 3.63) is 64.9 Å². The number of rotatable bonds is 5. The number of thiophene rings is 1. The number of anilines is 3. The molecule has 1 aromatic carbocycles. The van der Waals surface area contributed by atoms with E-state index in [1.165, 1.54) is 17.2 Å². The van der Waals surface area contributed by atoms with Crippen LogP contribution < -0.4 is 15.5 Å². The van der Waals surface area contributed by atoms with Crippen molar-refractivity contribution in [2.45, 2.75) is 6.92 Å². The largest absolute Gasteiger partial charge is 0.459 e. The van der Waals surface area contributed by atoms with Crippen LogP contribution >= 0.6 is 11.3 Å². The van der Waals surface area contributed by atoms with Gasteiger partial charge in [-0.25, -0.2) is 4.79 Å². The molecule has 31 heavy (non-hydrogen) atoms. The van der Waals surface area contributed by atoms with E-state index in [1.807, 2.05) is 0 Å². The van der Waals surface area contributed by atoms with Crippen LogP contribution in [-0.2, 0) is 14.3 Å². The van der Waals surface area contributed by atoms with Crippen molar-refractivity contribution in [3.63, 3.8) is 0 Å². The molecule has 0 radical (unpaired) electrons. The molecule has 158 valence electrons. The molecule has 0 atom stereocenters. The molecule has 0 spiro atoms. The number of fused-ring (bicyclic) bond motifs is 1. The number of benzene rings is 1. The molecule has 1 aliphatic heterocycles. The SMILES string of the molecule is Cc1cc(NC(=O)c2ccco2)sc1C(=O)OCC(=O)N1CC(=O)Nc2ccccc21. The summed E-state index contributed by atoms with van der Waals surface area (Å²) in [5.41, 5.74) is 1.66. The van der Waals surface area contributed by atoms with Crippen molar-refractivity contribution in [1.82, 2.24) is 0 Å². The predicted molar refractivity (Wildman–Crippen MR) is 113 cm³/mol. The third-order valence-electron chi connectivity index (χ3n) is 4.48. The van der Waals surface area contributed by atoms with Crippen LogP contribution in [0, 0.1) is 6.92 Å². The van der Waals surface area contributed by atoms with Gasteiger partial charge in [-0.2, -0.15) is 0 Å². The average Bonchev–Trinajstić information content (AvgIpc) is 3.41. The summed E-state index contributed by atoms with van der Waals surface area (Å²) < 4.78 is 10.2. The van der Waals surface area contributed by atoms with Crippen LogP contribution in [0.2, 0.25) is 0 Å². The van der Waals surface area contributed by atoms with Crippen LogP contribution in [0.4, 0.5) is 16.4 Å². The topological polar surface area (TPSA) is 118 Å². The fraction of sp³-hybridized carbons (Fsp3) is 0.143. The Kier molecular flexibility index (Phi) is 5.54. The highest BCUT2D eigenvalue weighted by Crippen LogP contribution is 2.30. The predicted octanol–water partition coefficient (Wildman–Crippen LogP) is 3.04. The molecule has 3 heterocycles. The molecule has 3 aromatic rings. The Bertz CT molecular complexity index is 1170. The van der Waals surface area contributed by atoms with Gasteiger partial charge in [0.15, 0.2) is 12.4 Å².